The predicted molar refractivity (Wildman–Crippen MR) is 121 cm³/mol. The molecular weight excluding hydrogens is 420 g/mol. The van der Waals surface area contributed by atoms with Crippen LogP contribution in [0.1, 0.15) is 45.5 Å². The number of carboxylic acids is 1. The molecule has 0 unspecified atom stereocenters. The van der Waals surface area contributed by atoms with Gasteiger partial charge < -0.3 is 15.3 Å². The minimum Gasteiger partial charge on any atom is -0.478 e. The molecule has 0 aromatic heterocycles. The average Bonchev–Trinajstić information content (AvgIpc) is 2.75. The third-order valence-electron chi connectivity index (χ3n) is 5.09. The Kier molecular flexibility index (Phi) is 6.81. The van der Waals surface area contributed by atoms with Crippen LogP contribution in [0.25, 0.3) is 0 Å². The molecule has 0 aliphatic carbocycles. The highest BCUT2D eigenvalue weighted by atomic mass is 32.1. The van der Waals surface area contributed by atoms with Crippen molar-refractivity contribution in [2.24, 2.45) is 0 Å². The number of carboxylic acid groups (broad SMARTS) is 1. The van der Waals surface area contributed by atoms with E-state index in [1.807, 2.05) is 4.90 Å². The number of nitrogens with zero attached hydrogens (tertiary/aromatic N) is 2. The van der Waals surface area contributed by atoms with Gasteiger partial charge in [-0.15, -0.1) is 0 Å². The highest BCUT2D eigenvalue weighted by Gasteiger charge is 2.22. The molecule has 3 N–H and O–H groups in total. The molecule has 1 heterocycles. The molecule has 1 aliphatic heterocycles. The van der Waals surface area contributed by atoms with Crippen LogP contribution in [0.15, 0.2) is 36.4 Å². The molecular formula is C21H22N4O5S. The Morgan fingerprint density at radius 2 is 1.84 bits per heavy atom. The molecule has 1 saturated heterocycles. The van der Waals surface area contributed by atoms with E-state index in [1.165, 1.54) is 24.3 Å². The first-order valence-electron chi connectivity index (χ1n) is 9.76. The Labute approximate surface area is 184 Å². The SMILES string of the molecule is Cc1ccc(C(=O)O)cc1NC(=S)NC(=O)c1cc([N+](=O)[O-])ccc1N1CCCCC1. The van der Waals surface area contributed by atoms with Crippen molar-refractivity contribution in [3.63, 3.8) is 0 Å². The van der Waals surface area contributed by atoms with E-state index in [2.05, 4.69) is 10.6 Å². The van der Waals surface area contributed by atoms with Gasteiger partial charge in [-0.25, -0.2) is 4.79 Å². The van der Waals surface area contributed by atoms with Crippen molar-refractivity contribution >= 4 is 46.3 Å². The summed E-state index contributed by atoms with van der Waals surface area (Å²) < 4.78 is 0. The molecule has 0 spiro atoms. The summed E-state index contributed by atoms with van der Waals surface area (Å²) in [5, 5.41) is 25.7. The number of nitro groups is 1. The summed E-state index contributed by atoms with van der Waals surface area (Å²) in [6.07, 6.45) is 3.07. The number of nitrogens with one attached hydrogen (secondary N) is 2. The highest BCUT2D eigenvalue weighted by molar-refractivity contribution is 7.80. The largest absolute Gasteiger partial charge is 0.478 e. The molecule has 1 fully saturated rings. The van der Waals surface area contributed by atoms with Gasteiger partial charge in [0, 0.05) is 30.9 Å². The fourth-order valence-electron chi connectivity index (χ4n) is 3.44. The van der Waals surface area contributed by atoms with E-state index in [0.29, 0.717) is 11.4 Å². The van der Waals surface area contributed by atoms with Crippen LogP contribution in [0.5, 0.6) is 0 Å². The number of rotatable bonds is 5. The van der Waals surface area contributed by atoms with Crippen molar-refractivity contribution in [3.05, 3.63) is 63.2 Å². The smallest absolute Gasteiger partial charge is 0.335 e. The zero-order valence-electron chi connectivity index (χ0n) is 16.9. The van der Waals surface area contributed by atoms with E-state index in [4.69, 9.17) is 17.3 Å². The lowest BCUT2D eigenvalue weighted by Gasteiger charge is -2.30. The first-order chi connectivity index (χ1) is 14.8. The maximum absolute atomic E-state index is 13.0. The number of anilines is 2. The van der Waals surface area contributed by atoms with E-state index >= 15 is 0 Å². The maximum atomic E-state index is 13.0. The van der Waals surface area contributed by atoms with Crippen LogP contribution in [-0.4, -0.2) is 40.1 Å². The summed E-state index contributed by atoms with van der Waals surface area (Å²) in [6, 6.07) is 8.75. The molecule has 31 heavy (non-hydrogen) atoms. The normalized spacial score (nSPS) is 13.4. The summed E-state index contributed by atoms with van der Waals surface area (Å²) in [6.45, 7) is 3.30. The summed E-state index contributed by atoms with van der Waals surface area (Å²) in [5.74, 6) is -1.66. The number of benzene rings is 2. The Morgan fingerprint density at radius 1 is 1.13 bits per heavy atom. The van der Waals surface area contributed by atoms with Crippen LogP contribution in [-0.2, 0) is 0 Å². The monoisotopic (exact) mass is 442 g/mol. The van der Waals surface area contributed by atoms with Crippen molar-refractivity contribution in [2.75, 3.05) is 23.3 Å². The number of piperidine rings is 1. The molecule has 0 atom stereocenters. The molecule has 2 aromatic carbocycles. The summed E-state index contributed by atoms with van der Waals surface area (Å²) >= 11 is 5.23. The highest BCUT2D eigenvalue weighted by Crippen LogP contribution is 2.28. The van der Waals surface area contributed by atoms with Gasteiger partial charge in [0.2, 0.25) is 0 Å². The lowest BCUT2D eigenvalue weighted by molar-refractivity contribution is -0.384. The zero-order valence-corrected chi connectivity index (χ0v) is 17.7. The van der Waals surface area contributed by atoms with Gasteiger partial charge in [-0.05, 0) is 62.2 Å². The van der Waals surface area contributed by atoms with Crippen molar-refractivity contribution in [3.8, 4) is 0 Å². The van der Waals surface area contributed by atoms with Crippen LogP contribution in [0.3, 0.4) is 0 Å². The number of amides is 1. The second kappa shape index (κ2) is 9.52. The maximum Gasteiger partial charge on any atom is 0.335 e. The van der Waals surface area contributed by atoms with Gasteiger partial charge in [0.15, 0.2) is 5.11 Å². The number of carbonyl (C=O) groups is 2. The van der Waals surface area contributed by atoms with Crippen LogP contribution >= 0.6 is 12.2 Å². The Hall–Kier alpha value is -3.53. The second-order valence-electron chi connectivity index (χ2n) is 7.25. The number of carbonyl (C=O) groups excluding carboxylic acids is 1. The summed E-state index contributed by atoms with van der Waals surface area (Å²) in [5.41, 5.74) is 1.86. The number of nitro benzene ring substituents is 1. The van der Waals surface area contributed by atoms with E-state index in [0.717, 1.165) is 37.9 Å². The Balaban J connectivity index is 1.82. The first kappa shape index (κ1) is 22.2. The average molecular weight is 442 g/mol. The molecule has 2 aromatic rings. The standard InChI is InChI=1S/C21H22N4O5S/c1-13-5-6-14(20(27)28)11-17(13)22-21(31)23-19(26)16-12-15(25(29)30)7-8-18(16)24-9-3-2-4-10-24/h5-8,11-12H,2-4,9-10H2,1H3,(H,27,28)(H2,22,23,26,31). The van der Waals surface area contributed by atoms with Gasteiger partial charge in [0.05, 0.1) is 21.7 Å². The number of thiocarbonyl (C=S) groups is 1. The van der Waals surface area contributed by atoms with E-state index in [-0.39, 0.29) is 21.9 Å². The van der Waals surface area contributed by atoms with Crippen molar-refractivity contribution in [1.82, 2.24) is 5.32 Å². The first-order valence-corrected chi connectivity index (χ1v) is 10.2. The lowest BCUT2D eigenvalue weighted by atomic mass is 10.1. The van der Waals surface area contributed by atoms with Gasteiger partial charge >= 0.3 is 5.97 Å². The van der Waals surface area contributed by atoms with Crippen molar-refractivity contribution in [2.45, 2.75) is 26.2 Å². The topological polar surface area (TPSA) is 125 Å². The van der Waals surface area contributed by atoms with Crippen LogP contribution in [0.2, 0.25) is 0 Å². The molecule has 1 amide bonds. The van der Waals surface area contributed by atoms with Gasteiger partial charge in [-0.2, -0.15) is 0 Å². The fraction of sp³-hybridized carbons (Fsp3) is 0.286. The fourth-order valence-corrected chi connectivity index (χ4v) is 3.65. The summed E-state index contributed by atoms with van der Waals surface area (Å²) in [4.78, 5) is 36.9. The zero-order chi connectivity index (χ0) is 22.5. The van der Waals surface area contributed by atoms with Crippen LogP contribution in [0, 0.1) is 17.0 Å². The van der Waals surface area contributed by atoms with Gasteiger partial charge in [0.25, 0.3) is 11.6 Å². The molecule has 0 radical (unpaired) electrons. The Bertz CT molecular complexity index is 1050. The quantitative estimate of drug-likeness (QED) is 0.364. The number of hydrogen-bond donors (Lipinski definition) is 3. The molecule has 0 saturated carbocycles. The minimum absolute atomic E-state index is 0.0354. The van der Waals surface area contributed by atoms with Crippen LogP contribution < -0.4 is 15.5 Å². The van der Waals surface area contributed by atoms with Crippen molar-refractivity contribution in [1.29, 1.82) is 0 Å². The van der Waals surface area contributed by atoms with Crippen molar-refractivity contribution < 1.29 is 19.6 Å². The second-order valence-corrected chi connectivity index (χ2v) is 7.66. The molecule has 1 aliphatic rings. The molecule has 9 nitrogen and oxygen atoms in total. The third-order valence-corrected chi connectivity index (χ3v) is 5.30. The third kappa shape index (κ3) is 5.34. The van der Waals surface area contributed by atoms with E-state index in [1.54, 1.807) is 19.1 Å². The molecule has 162 valence electrons. The number of non-ortho nitro benzene ring substituents is 1. The lowest BCUT2D eigenvalue weighted by Crippen LogP contribution is -2.37. The van der Waals surface area contributed by atoms with E-state index < -0.39 is 16.8 Å². The number of hydrogen-bond acceptors (Lipinski definition) is 6. The molecule has 3 rings (SSSR count). The summed E-state index contributed by atoms with van der Waals surface area (Å²) in [7, 11) is 0. The number of aryl methyl sites for hydroxylation is 1. The Morgan fingerprint density at radius 3 is 2.48 bits per heavy atom. The van der Waals surface area contributed by atoms with Gasteiger partial charge in [0.1, 0.15) is 0 Å². The molecule has 10 heteroatoms. The predicted octanol–water partition coefficient (Wildman–Crippen LogP) is 3.72. The minimum atomic E-state index is -1.08. The van der Waals surface area contributed by atoms with E-state index in [9.17, 15) is 19.7 Å². The van der Waals surface area contributed by atoms with Gasteiger partial charge in [-0.3, -0.25) is 20.2 Å². The van der Waals surface area contributed by atoms with Crippen LogP contribution in [0.4, 0.5) is 17.1 Å². The molecule has 0 bridgehead atoms. The van der Waals surface area contributed by atoms with Gasteiger partial charge in [-0.1, -0.05) is 6.07 Å². The number of aromatic carboxylic acids is 1.